The number of ether oxygens (including phenoxy) is 2. The Balaban J connectivity index is 1.65. The zero-order valence-electron chi connectivity index (χ0n) is 14.8. The lowest BCUT2D eigenvalue weighted by molar-refractivity contribution is 0.354. The highest BCUT2D eigenvalue weighted by atomic mass is 32.1. The molecule has 0 N–H and O–H groups in total. The van der Waals surface area contributed by atoms with Gasteiger partial charge in [0.05, 0.1) is 14.2 Å². The molecule has 6 nitrogen and oxygen atoms in total. The van der Waals surface area contributed by atoms with Gasteiger partial charge in [-0.05, 0) is 24.6 Å². The maximum absolute atomic E-state index is 5.38. The first kappa shape index (κ1) is 16.5. The molecule has 0 amide bonds. The molecule has 0 saturated heterocycles. The van der Waals surface area contributed by atoms with Crippen LogP contribution in [0, 0.1) is 6.92 Å². The van der Waals surface area contributed by atoms with Crippen LogP contribution in [0.4, 0.5) is 0 Å². The molecule has 132 valence electrons. The second kappa shape index (κ2) is 6.76. The molecule has 4 aromatic rings. The Morgan fingerprint density at radius 1 is 0.962 bits per heavy atom. The molecular formula is C19H18N4O2S. The minimum Gasteiger partial charge on any atom is -0.493 e. The third kappa shape index (κ3) is 3.01. The first-order valence-electron chi connectivity index (χ1n) is 8.17. The summed E-state index contributed by atoms with van der Waals surface area (Å²) in [5, 5.41) is 14.2. The summed E-state index contributed by atoms with van der Waals surface area (Å²) in [6, 6.07) is 14.1. The van der Waals surface area contributed by atoms with E-state index < -0.39 is 0 Å². The van der Waals surface area contributed by atoms with Gasteiger partial charge < -0.3 is 9.47 Å². The number of benzene rings is 2. The van der Waals surface area contributed by atoms with Crippen LogP contribution in [0.3, 0.4) is 0 Å². The van der Waals surface area contributed by atoms with E-state index in [0.717, 1.165) is 32.7 Å². The summed E-state index contributed by atoms with van der Waals surface area (Å²) >= 11 is 1.54. The summed E-state index contributed by atoms with van der Waals surface area (Å²) in [6.07, 6.45) is 0.696. The largest absolute Gasteiger partial charge is 0.493 e. The molecule has 0 saturated carbocycles. The van der Waals surface area contributed by atoms with Crippen molar-refractivity contribution >= 4 is 16.3 Å². The van der Waals surface area contributed by atoms with Crippen LogP contribution < -0.4 is 9.47 Å². The molecule has 0 unspecified atom stereocenters. The fourth-order valence-electron chi connectivity index (χ4n) is 2.78. The molecule has 0 radical (unpaired) electrons. The van der Waals surface area contributed by atoms with Crippen molar-refractivity contribution in [3.05, 3.63) is 58.6 Å². The summed E-state index contributed by atoms with van der Waals surface area (Å²) in [5.41, 5.74) is 3.32. The zero-order chi connectivity index (χ0) is 18.1. The lowest BCUT2D eigenvalue weighted by Crippen LogP contribution is -1.95. The molecule has 0 aliphatic rings. The molecule has 26 heavy (non-hydrogen) atoms. The highest BCUT2D eigenvalue weighted by Crippen LogP contribution is 2.29. The van der Waals surface area contributed by atoms with Crippen LogP contribution in [0.5, 0.6) is 11.5 Å². The standard InChI is InChI=1S/C19H18N4O2S/c1-12-4-7-14(8-5-12)18-20-21-19-23(18)22-17(26-19)11-13-6-9-15(24-2)16(10-13)25-3/h4-10H,11H2,1-3H3. The fraction of sp³-hybridized carbons (Fsp3) is 0.211. The number of hydrogen-bond donors (Lipinski definition) is 0. The third-order valence-corrected chi connectivity index (χ3v) is 5.04. The Kier molecular flexibility index (Phi) is 4.30. The number of rotatable bonds is 5. The van der Waals surface area contributed by atoms with Gasteiger partial charge in [0.1, 0.15) is 5.01 Å². The first-order chi connectivity index (χ1) is 12.7. The zero-order valence-corrected chi connectivity index (χ0v) is 15.6. The van der Waals surface area contributed by atoms with E-state index >= 15 is 0 Å². The molecule has 0 aliphatic heterocycles. The molecule has 0 atom stereocenters. The van der Waals surface area contributed by atoms with Gasteiger partial charge in [0.2, 0.25) is 4.96 Å². The van der Waals surface area contributed by atoms with E-state index in [1.807, 2.05) is 34.8 Å². The second-order valence-corrected chi connectivity index (χ2v) is 6.99. The molecule has 2 aromatic heterocycles. The predicted molar refractivity (Wildman–Crippen MR) is 101 cm³/mol. The number of nitrogens with zero attached hydrogens (tertiary/aromatic N) is 4. The van der Waals surface area contributed by atoms with Crippen molar-refractivity contribution in [1.82, 2.24) is 19.8 Å². The van der Waals surface area contributed by atoms with Gasteiger partial charge in [-0.3, -0.25) is 0 Å². The maximum Gasteiger partial charge on any atom is 0.234 e. The van der Waals surface area contributed by atoms with E-state index in [9.17, 15) is 0 Å². The van der Waals surface area contributed by atoms with Crippen LogP contribution in [0.15, 0.2) is 42.5 Å². The van der Waals surface area contributed by atoms with E-state index in [1.54, 1.807) is 25.6 Å². The average Bonchev–Trinajstić information content (AvgIpc) is 3.22. The van der Waals surface area contributed by atoms with Crippen molar-refractivity contribution in [2.75, 3.05) is 14.2 Å². The van der Waals surface area contributed by atoms with Crippen LogP contribution in [0.25, 0.3) is 16.3 Å². The predicted octanol–water partition coefficient (Wildman–Crippen LogP) is 3.77. The molecular weight excluding hydrogens is 348 g/mol. The van der Waals surface area contributed by atoms with Gasteiger partial charge in [-0.15, -0.1) is 10.2 Å². The first-order valence-corrected chi connectivity index (χ1v) is 8.98. The van der Waals surface area contributed by atoms with Gasteiger partial charge in [-0.25, -0.2) is 0 Å². The number of aryl methyl sites for hydroxylation is 1. The molecule has 2 aromatic carbocycles. The maximum atomic E-state index is 5.38. The molecule has 7 heteroatoms. The molecule has 4 rings (SSSR count). The summed E-state index contributed by atoms with van der Waals surface area (Å²) in [4.78, 5) is 0.788. The molecule has 0 bridgehead atoms. The number of aromatic nitrogens is 4. The third-order valence-electron chi connectivity index (χ3n) is 4.15. The average molecular weight is 366 g/mol. The van der Waals surface area contributed by atoms with Crippen molar-refractivity contribution in [3.63, 3.8) is 0 Å². The Morgan fingerprint density at radius 3 is 2.46 bits per heavy atom. The Bertz CT molecular complexity index is 1050. The minimum atomic E-state index is 0.696. The molecule has 0 spiro atoms. The van der Waals surface area contributed by atoms with Gasteiger partial charge in [-0.2, -0.15) is 9.61 Å². The van der Waals surface area contributed by atoms with Crippen molar-refractivity contribution in [2.45, 2.75) is 13.3 Å². The SMILES string of the molecule is COc1ccc(Cc2nn3c(-c4ccc(C)cc4)nnc3s2)cc1OC. The minimum absolute atomic E-state index is 0.696. The van der Waals surface area contributed by atoms with Gasteiger partial charge >= 0.3 is 0 Å². The second-order valence-electron chi connectivity index (χ2n) is 5.95. The van der Waals surface area contributed by atoms with E-state index in [0.29, 0.717) is 12.2 Å². The number of fused-ring (bicyclic) bond motifs is 1. The summed E-state index contributed by atoms with van der Waals surface area (Å²) in [6.45, 7) is 2.06. The number of methoxy groups -OCH3 is 2. The topological polar surface area (TPSA) is 61.5 Å². The normalized spacial score (nSPS) is 11.0. The number of hydrogen-bond acceptors (Lipinski definition) is 6. The Morgan fingerprint density at radius 2 is 1.73 bits per heavy atom. The summed E-state index contributed by atoms with van der Waals surface area (Å²) in [7, 11) is 3.27. The van der Waals surface area contributed by atoms with Crippen LogP contribution in [0.2, 0.25) is 0 Å². The van der Waals surface area contributed by atoms with E-state index in [2.05, 4.69) is 29.3 Å². The van der Waals surface area contributed by atoms with Crippen molar-refractivity contribution in [1.29, 1.82) is 0 Å². The van der Waals surface area contributed by atoms with Gasteiger partial charge in [0.25, 0.3) is 0 Å². The van der Waals surface area contributed by atoms with E-state index in [4.69, 9.17) is 14.6 Å². The summed E-state index contributed by atoms with van der Waals surface area (Å²) in [5.74, 6) is 2.19. The molecule has 2 heterocycles. The monoisotopic (exact) mass is 366 g/mol. The van der Waals surface area contributed by atoms with Gasteiger partial charge in [0, 0.05) is 12.0 Å². The van der Waals surface area contributed by atoms with Gasteiger partial charge in [-0.1, -0.05) is 47.2 Å². The van der Waals surface area contributed by atoms with Crippen LogP contribution >= 0.6 is 11.3 Å². The lowest BCUT2D eigenvalue weighted by atomic mass is 10.1. The molecule has 0 fully saturated rings. The van der Waals surface area contributed by atoms with Crippen molar-refractivity contribution in [3.8, 4) is 22.9 Å². The summed E-state index contributed by atoms with van der Waals surface area (Å²) < 4.78 is 12.5. The van der Waals surface area contributed by atoms with E-state index in [-0.39, 0.29) is 0 Å². The Hall–Kier alpha value is -2.93. The highest BCUT2D eigenvalue weighted by molar-refractivity contribution is 7.16. The highest BCUT2D eigenvalue weighted by Gasteiger charge is 2.14. The van der Waals surface area contributed by atoms with E-state index in [1.165, 1.54) is 5.56 Å². The Labute approximate surface area is 155 Å². The fourth-order valence-corrected chi connectivity index (χ4v) is 3.64. The van der Waals surface area contributed by atoms with Crippen LogP contribution in [0.1, 0.15) is 16.1 Å². The van der Waals surface area contributed by atoms with Gasteiger partial charge in [0.15, 0.2) is 17.3 Å². The smallest absolute Gasteiger partial charge is 0.234 e. The van der Waals surface area contributed by atoms with Crippen molar-refractivity contribution in [2.24, 2.45) is 0 Å². The van der Waals surface area contributed by atoms with Crippen molar-refractivity contribution < 1.29 is 9.47 Å². The molecule has 0 aliphatic carbocycles. The van der Waals surface area contributed by atoms with Crippen LogP contribution in [-0.2, 0) is 6.42 Å². The quantitative estimate of drug-likeness (QED) is 0.538. The van der Waals surface area contributed by atoms with Crippen LogP contribution in [-0.4, -0.2) is 34.0 Å². The lowest BCUT2D eigenvalue weighted by Gasteiger charge is -2.08.